The number of methoxy groups -OCH3 is 1. The molecule has 0 atom stereocenters. The number of carbonyl (C=O) groups excluding carboxylic acids is 1. The minimum atomic E-state index is -0.543. The van der Waals surface area contributed by atoms with Gasteiger partial charge in [-0.05, 0) is 12.1 Å². The van der Waals surface area contributed by atoms with Crippen LogP contribution in [0.25, 0.3) is 0 Å². The molecular weight excluding hydrogens is 370 g/mol. The Morgan fingerprint density at radius 1 is 1.03 bits per heavy atom. The first-order chi connectivity index (χ1) is 14.1. The van der Waals surface area contributed by atoms with Crippen molar-refractivity contribution >= 4 is 17.3 Å². The number of rotatable bonds is 8. The van der Waals surface area contributed by atoms with E-state index < -0.39 is 4.92 Å². The monoisotopic (exact) mass is 392 g/mol. The van der Waals surface area contributed by atoms with Crippen LogP contribution in [0.4, 0.5) is 11.4 Å². The van der Waals surface area contributed by atoms with Crippen LogP contribution in [0.15, 0.2) is 78.9 Å². The Labute approximate surface area is 168 Å². The van der Waals surface area contributed by atoms with Gasteiger partial charge in [0.05, 0.1) is 18.1 Å². The highest BCUT2D eigenvalue weighted by atomic mass is 16.6. The van der Waals surface area contributed by atoms with Gasteiger partial charge >= 0.3 is 0 Å². The molecule has 3 aromatic carbocycles. The molecule has 0 saturated carbocycles. The number of ether oxygens (including phenoxy) is 1. The lowest BCUT2D eigenvalue weighted by molar-refractivity contribution is -0.676. The Morgan fingerprint density at radius 3 is 2.14 bits per heavy atom. The predicted octanol–water partition coefficient (Wildman–Crippen LogP) is 2.89. The third-order valence-electron chi connectivity index (χ3n) is 4.53. The summed E-state index contributed by atoms with van der Waals surface area (Å²) in [6.45, 7) is 0.109. The van der Waals surface area contributed by atoms with Gasteiger partial charge in [-0.2, -0.15) is 0 Å². The molecule has 1 amide bonds. The molecule has 3 rings (SSSR count). The Balaban J connectivity index is 1.74. The van der Waals surface area contributed by atoms with Gasteiger partial charge in [0, 0.05) is 11.1 Å². The number of hydrogen-bond acceptors (Lipinski definition) is 4. The van der Waals surface area contributed by atoms with Crippen LogP contribution in [0.1, 0.15) is 17.2 Å². The summed E-state index contributed by atoms with van der Waals surface area (Å²) in [5, 5.41) is 15.8. The number of nitrogens with zero attached hydrogens (tertiary/aromatic N) is 1. The molecule has 0 fully saturated rings. The number of nitro groups is 1. The van der Waals surface area contributed by atoms with E-state index in [1.165, 1.54) is 19.2 Å². The maximum absolute atomic E-state index is 12.5. The molecule has 148 valence electrons. The number of nitrogens with one attached hydrogen (secondary N) is 1. The standard InChI is InChI=1S/C22H21N3O4/c1-29-18-12-13-19(20(14-18)25(27)28)24-21(26)15-23-22(16-8-4-2-5-9-16)17-10-6-3-7-11-17/h2-14,22-23H,15H2,1H3,(H,24,26)/p+1. The van der Waals surface area contributed by atoms with Gasteiger partial charge in [0.15, 0.2) is 6.54 Å². The number of quaternary nitrogens is 1. The van der Waals surface area contributed by atoms with Crippen molar-refractivity contribution in [2.75, 3.05) is 19.0 Å². The number of benzene rings is 3. The van der Waals surface area contributed by atoms with Crippen molar-refractivity contribution < 1.29 is 19.8 Å². The van der Waals surface area contributed by atoms with Crippen LogP contribution >= 0.6 is 0 Å². The molecule has 0 aromatic heterocycles. The average molecular weight is 392 g/mol. The second kappa shape index (κ2) is 9.48. The predicted molar refractivity (Wildman–Crippen MR) is 110 cm³/mol. The van der Waals surface area contributed by atoms with Crippen molar-refractivity contribution in [3.63, 3.8) is 0 Å². The smallest absolute Gasteiger partial charge is 0.296 e. The van der Waals surface area contributed by atoms with E-state index in [4.69, 9.17) is 4.74 Å². The summed E-state index contributed by atoms with van der Waals surface area (Å²) in [5.74, 6) is 0.0320. The second-order valence-corrected chi connectivity index (χ2v) is 6.43. The maximum atomic E-state index is 12.5. The largest absolute Gasteiger partial charge is 0.496 e. The minimum Gasteiger partial charge on any atom is -0.496 e. The fourth-order valence-corrected chi connectivity index (χ4v) is 3.11. The Hall–Kier alpha value is -3.71. The van der Waals surface area contributed by atoms with Crippen molar-refractivity contribution in [1.29, 1.82) is 0 Å². The lowest BCUT2D eigenvalue weighted by Crippen LogP contribution is -2.87. The van der Waals surface area contributed by atoms with Crippen molar-refractivity contribution in [3.8, 4) is 5.75 Å². The molecule has 0 radical (unpaired) electrons. The molecule has 0 bridgehead atoms. The number of hydrogen-bond donors (Lipinski definition) is 2. The summed E-state index contributed by atoms with van der Waals surface area (Å²) in [6, 6.07) is 24.1. The number of anilines is 1. The molecule has 7 nitrogen and oxygen atoms in total. The van der Waals surface area contributed by atoms with Crippen molar-refractivity contribution in [1.82, 2.24) is 0 Å². The molecule has 0 aliphatic carbocycles. The first-order valence-corrected chi connectivity index (χ1v) is 9.14. The van der Waals surface area contributed by atoms with Crippen LogP contribution in [-0.4, -0.2) is 24.5 Å². The summed E-state index contributed by atoms with van der Waals surface area (Å²) in [4.78, 5) is 23.3. The van der Waals surface area contributed by atoms with Crippen LogP contribution in [0.3, 0.4) is 0 Å². The molecule has 0 spiro atoms. The van der Waals surface area contributed by atoms with Crippen LogP contribution in [-0.2, 0) is 4.79 Å². The fraction of sp³-hybridized carbons (Fsp3) is 0.136. The third-order valence-corrected chi connectivity index (χ3v) is 4.53. The first kappa shape index (κ1) is 20.0. The highest BCUT2D eigenvalue weighted by Crippen LogP contribution is 2.28. The SMILES string of the molecule is COc1ccc(NC(=O)C[NH2+]C(c2ccccc2)c2ccccc2)c([N+](=O)[O-])c1. The molecule has 0 heterocycles. The Bertz CT molecular complexity index is 938. The van der Waals surface area contributed by atoms with Crippen LogP contribution < -0.4 is 15.4 Å². The zero-order chi connectivity index (χ0) is 20.6. The maximum Gasteiger partial charge on any atom is 0.296 e. The molecule has 0 unspecified atom stereocenters. The molecule has 3 N–H and O–H groups in total. The Morgan fingerprint density at radius 2 is 1.62 bits per heavy atom. The van der Waals surface area contributed by atoms with Crippen molar-refractivity contribution in [3.05, 3.63) is 100 Å². The van der Waals surface area contributed by atoms with Crippen LogP contribution in [0.2, 0.25) is 0 Å². The minimum absolute atomic E-state index is 0.0611. The first-order valence-electron chi connectivity index (χ1n) is 9.14. The zero-order valence-corrected chi connectivity index (χ0v) is 15.9. The quantitative estimate of drug-likeness (QED) is 0.455. The van der Waals surface area contributed by atoms with Gasteiger partial charge in [-0.25, -0.2) is 0 Å². The molecule has 29 heavy (non-hydrogen) atoms. The van der Waals surface area contributed by atoms with E-state index in [-0.39, 0.29) is 29.9 Å². The van der Waals surface area contributed by atoms with Crippen LogP contribution in [0.5, 0.6) is 5.75 Å². The molecule has 7 heteroatoms. The summed E-state index contributed by atoms with van der Waals surface area (Å²) in [7, 11) is 1.43. The Kier molecular flexibility index (Phi) is 6.55. The lowest BCUT2D eigenvalue weighted by atomic mass is 9.99. The van der Waals surface area contributed by atoms with Gasteiger partial charge in [0.25, 0.3) is 11.6 Å². The molecule has 3 aromatic rings. The van der Waals surface area contributed by atoms with E-state index >= 15 is 0 Å². The topological polar surface area (TPSA) is 98.1 Å². The van der Waals surface area contributed by atoms with E-state index in [0.29, 0.717) is 5.75 Å². The number of amides is 1. The average Bonchev–Trinajstić information content (AvgIpc) is 2.75. The van der Waals surface area contributed by atoms with Gasteiger partial charge in [-0.1, -0.05) is 60.7 Å². The van der Waals surface area contributed by atoms with Gasteiger partial charge in [0.2, 0.25) is 0 Å². The van der Waals surface area contributed by atoms with E-state index in [1.54, 1.807) is 6.07 Å². The highest BCUT2D eigenvalue weighted by molar-refractivity contribution is 5.93. The number of nitro benzene ring substituents is 1. The summed E-state index contributed by atoms with van der Waals surface area (Å²) in [5.41, 5.74) is 2.08. The van der Waals surface area contributed by atoms with Crippen LogP contribution in [0, 0.1) is 10.1 Å². The lowest BCUT2D eigenvalue weighted by Gasteiger charge is -2.16. The van der Waals surface area contributed by atoms with Crippen molar-refractivity contribution in [2.24, 2.45) is 0 Å². The second-order valence-electron chi connectivity index (χ2n) is 6.43. The van der Waals surface area contributed by atoms with E-state index in [0.717, 1.165) is 11.1 Å². The summed E-state index contributed by atoms with van der Waals surface area (Å²) >= 11 is 0. The van der Waals surface area contributed by atoms with E-state index in [1.807, 2.05) is 66.0 Å². The highest BCUT2D eigenvalue weighted by Gasteiger charge is 2.21. The van der Waals surface area contributed by atoms with Gasteiger partial charge < -0.3 is 15.4 Å². The van der Waals surface area contributed by atoms with Gasteiger partial charge in [0.1, 0.15) is 17.5 Å². The fourth-order valence-electron chi connectivity index (χ4n) is 3.11. The molecule has 0 aliphatic rings. The zero-order valence-electron chi connectivity index (χ0n) is 15.9. The normalized spacial score (nSPS) is 10.6. The summed E-state index contributed by atoms with van der Waals surface area (Å²) < 4.78 is 5.02. The van der Waals surface area contributed by atoms with Gasteiger partial charge in [-0.3, -0.25) is 14.9 Å². The molecular formula is C22H22N3O4+. The number of carbonyl (C=O) groups is 1. The molecule has 0 aliphatic heterocycles. The van der Waals surface area contributed by atoms with Gasteiger partial charge in [-0.15, -0.1) is 0 Å². The third kappa shape index (κ3) is 5.18. The van der Waals surface area contributed by atoms with E-state index in [2.05, 4.69) is 5.32 Å². The van der Waals surface area contributed by atoms with Crippen molar-refractivity contribution in [2.45, 2.75) is 6.04 Å². The van der Waals surface area contributed by atoms with E-state index in [9.17, 15) is 14.9 Å². The molecule has 0 saturated heterocycles. The number of nitrogens with two attached hydrogens (primary N) is 1. The summed E-state index contributed by atoms with van der Waals surface area (Å²) in [6.07, 6.45) is 0.